The number of aliphatic hydroxyl groups excluding tert-OH is 1. The molecule has 33 heavy (non-hydrogen) atoms. The second-order valence-electron chi connectivity index (χ2n) is 6.99. The number of aromatic nitrogens is 2. The van der Waals surface area contributed by atoms with Gasteiger partial charge in [0.15, 0.2) is 0 Å². The average Bonchev–Trinajstić information content (AvgIpc) is 2.77. The summed E-state index contributed by atoms with van der Waals surface area (Å²) in [5.41, 5.74) is 1.32. The first-order valence-electron chi connectivity index (χ1n) is 9.82. The highest BCUT2D eigenvalue weighted by atomic mass is 19.4. The molecular formula is C22H23F3N4O4. The van der Waals surface area contributed by atoms with Crippen molar-refractivity contribution in [2.24, 2.45) is 0 Å². The number of nitrogens with one attached hydrogen (secondary N) is 2. The normalized spacial score (nSPS) is 12.1. The largest absolute Gasteiger partial charge is 0.573 e. The highest BCUT2D eigenvalue weighted by Crippen LogP contribution is 2.31. The molecule has 0 amide bonds. The van der Waals surface area contributed by atoms with Crippen LogP contribution in [0, 0.1) is 0 Å². The third kappa shape index (κ3) is 6.88. The first kappa shape index (κ1) is 23.9. The smallest absolute Gasteiger partial charge is 0.497 e. The van der Waals surface area contributed by atoms with Crippen LogP contribution in [0.2, 0.25) is 0 Å². The molecule has 176 valence electrons. The first-order chi connectivity index (χ1) is 15.7. The predicted molar refractivity (Wildman–Crippen MR) is 117 cm³/mol. The van der Waals surface area contributed by atoms with E-state index >= 15 is 0 Å². The third-order valence-corrected chi connectivity index (χ3v) is 4.36. The Morgan fingerprint density at radius 2 is 1.67 bits per heavy atom. The molecule has 0 unspecified atom stereocenters. The molecule has 1 heterocycles. The summed E-state index contributed by atoms with van der Waals surface area (Å²) in [7, 11) is 3.05. The molecule has 8 nitrogen and oxygen atoms in total. The Hall–Kier alpha value is -3.73. The number of alkyl halides is 3. The van der Waals surface area contributed by atoms with Gasteiger partial charge in [-0.3, -0.25) is 0 Å². The second-order valence-corrected chi connectivity index (χ2v) is 6.99. The van der Waals surface area contributed by atoms with E-state index in [2.05, 4.69) is 25.3 Å². The maximum atomic E-state index is 12.6. The Morgan fingerprint density at radius 3 is 2.27 bits per heavy atom. The van der Waals surface area contributed by atoms with Crippen LogP contribution >= 0.6 is 0 Å². The van der Waals surface area contributed by atoms with Crippen molar-refractivity contribution in [2.45, 2.75) is 19.3 Å². The highest BCUT2D eigenvalue weighted by molar-refractivity contribution is 5.69. The lowest BCUT2D eigenvalue weighted by Gasteiger charge is -2.15. The maximum absolute atomic E-state index is 12.6. The third-order valence-electron chi connectivity index (χ3n) is 4.36. The lowest BCUT2D eigenvalue weighted by Crippen LogP contribution is -2.21. The minimum Gasteiger partial charge on any atom is -0.497 e. The van der Waals surface area contributed by atoms with Crippen LogP contribution in [0.4, 0.5) is 30.6 Å². The Bertz CT molecular complexity index is 1070. The van der Waals surface area contributed by atoms with Gasteiger partial charge in [0.25, 0.3) is 0 Å². The molecule has 0 spiro atoms. The SMILES string of the molecule is COc1cc(Nc2cc(-c3cccc(OC(F)(F)F)c3)nc(N[C@H](C)CO)n2)cc(OC)c1. The fourth-order valence-electron chi connectivity index (χ4n) is 2.87. The number of halogens is 3. The Balaban J connectivity index is 2.01. The molecule has 0 saturated carbocycles. The summed E-state index contributed by atoms with van der Waals surface area (Å²) >= 11 is 0. The van der Waals surface area contributed by atoms with Crippen molar-refractivity contribution in [1.29, 1.82) is 0 Å². The summed E-state index contributed by atoms with van der Waals surface area (Å²) in [5.74, 6) is 1.26. The first-order valence-corrected chi connectivity index (χ1v) is 9.82. The Labute approximate surface area is 188 Å². The van der Waals surface area contributed by atoms with E-state index < -0.39 is 6.36 Å². The van der Waals surface area contributed by atoms with E-state index in [1.807, 2.05) is 0 Å². The molecule has 3 N–H and O–H groups in total. The van der Waals surface area contributed by atoms with Gasteiger partial charge in [0, 0.05) is 41.6 Å². The summed E-state index contributed by atoms with van der Waals surface area (Å²) in [4.78, 5) is 8.78. The number of hydrogen-bond acceptors (Lipinski definition) is 8. The average molecular weight is 464 g/mol. The van der Waals surface area contributed by atoms with Crippen molar-refractivity contribution < 1.29 is 32.5 Å². The molecule has 0 aliphatic heterocycles. The van der Waals surface area contributed by atoms with E-state index in [4.69, 9.17) is 9.47 Å². The number of rotatable bonds is 9. The van der Waals surface area contributed by atoms with Crippen molar-refractivity contribution in [3.05, 3.63) is 48.5 Å². The number of anilines is 3. The van der Waals surface area contributed by atoms with Crippen LogP contribution in [-0.4, -0.2) is 48.3 Å². The van der Waals surface area contributed by atoms with Crippen LogP contribution < -0.4 is 24.8 Å². The van der Waals surface area contributed by atoms with E-state index in [-0.39, 0.29) is 24.3 Å². The van der Waals surface area contributed by atoms with Crippen LogP contribution in [0.5, 0.6) is 17.2 Å². The topological polar surface area (TPSA) is 97.8 Å². The molecule has 1 aromatic heterocycles. The molecule has 0 fully saturated rings. The van der Waals surface area contributed by atoms with Crippen molar-refractivity contribution in [3.63, 3.8) is 0 Å². The van der Waals surface area contributed by atoms with Crippen molar-refractivity contribution in [1.82, 2.24) is 9.97 Å². The zero-order valence-corrected chi connectivity index (χ0v) is 18.1. The highest BCUT2D eigenvalue weighted by Gasteiger charge is 2.31. The summed E-state index contributed by atoms with van der Waals surface area (Å²) in [6.45, 7) is 1.56. The number of ether oxygens (including phenoxy) is 3. The fourth-order valence-corrected chi connectivity index (χ4v) is 2.87. The molecule has 11 heteroatoms. The number of benzene rings is 2. The number of hydrogen-bond donors (Lipinski definition) is 3. The minimum atomic E-state index is -4.81. The molecule has 0 aliphatic carbocycles. The van der Waals surface area contributed by atoms with E-state index in [0.717, 1.165) is 0 Å². The van der Waals surface area contributed by atoms with Crippen molar-refractivity contribution in [3.8, 4) is 28.5 Å². The van der Waals surface area contributed by atoms with Gasteiger partial charge in [-0.15, -0.1) is 13.2 Å². The quantitative estimate of drug-likeness (QED) is 0.423. The van der Waals surface area contributed by atoms with E-state index in [9.17, 15) is 18.3 Å². The molecule has 2 aromatic carbocycles. The zero-order valence-electron chi connectivity index (χ0n) is 18.1. The number of aliphatic hydroxyl groups is 1. The summed E-state index contributed by atoms with van der Waals surface area (Å²) < 4.78 is 52.5. The summed E-state index contributed by atoms with van der Waals surface area (Å²) in [5, 5.41) is 15.4. The van der Waals surface area contributed by atoms with Gasteiger partial charge in [-0.25, -0.2) is 4.98 Å². The van der Waals surface area contributed by atoms with Gasteiger partial charge in [-0.05, 0) is 19.1 Å². The van der Waals surface area contributed by atoms with Gasteiger partial charge in [0.05, 0.1) is 26.5 Å². The lowest BCUT2D eigenvalue weighted by molar-refractivity contribution is -0.274. The Morgan fingerprint density at radius 1 is 0.970 bits per heavy atom. The molecule has 0 bridgehead atoms. The van der Waals surface area contributed by atoms with Gasteiger partial charge >= 0.3 is 6.36 Å². The van der Waals surface area contributed by atoms with Crippen LogP contribution in [0.15, 0.2) is 48.5 Å². The minimum absolute atomic E-state index is 0.168. The van der Waals surface area contributed by atoms with Gasteiger partial charge in [0.2, 0.25) is 5.95 Å². The maximum Gasteiger partial charge on any atom is 0.573 e. The van der Waals surface area contributed by atoms with Crippen LogP contribution in [0.1, 0.15) is 6.92 Å². The summed E-state index contributed by atoms with van der Waals surface area (Å²) in [6.07, 6.45) is -4.81. The van der Waals surface area contributed by atoms with Crippen LogP contribution in [0.3, 0.4) is 0 Å². The standard InChI is InChI=1S/C22H23F3N4O4/c1-13(12-30)26-21-28-19(14-5-4-6-16(7-14)33-22(23,24)25)11-20(29-21)27-15-8-17(31-2)10-18(9-15)32-3/h4-11,13,30H,12H2,1-3H3,(H2,26,27,28,29)/t13-/m1/s1. The van der Waals surface area contributed by atoms with Gasteiger partial charge < -0.3 is 30.0 Å². The van der Waals surface area contributed by atoms with Crippen molar-refractivity contribution in [2.75, 3.05) is 31.5 Å². The molecule has 3 aromatic rings. The predicted octanol–water partition coefficient (Wildman–Crippen LogP) is 4.60. The van der Waals surface area contributed by atoms with Gasteiger partial charge in [0.1, 0.15) is 23.1 Å². The molecule has 0 radical (unpaired) electrons. The van der Waals surface area contributed by atoms with E-state index in [1.54, 1.807) is 37.3 Å². The molecule has 0 saturated heterocycles. The van der Waals surface area contributed by atoms with E-state index in [1.165, 1.54) is 32.4 Å². The number of nitrogens with zero attached hydrogens (tertiary/aromatic N) is 2. The molecule has 0 aliphatic rings. The molecular weight excluding hydrogens is 441 g/mol. The lowest BCUT2D eigenvalue weighted by atomic mass is 10.1. The summed E-state index contributed by atoms with van der Waals surface area (Å²) in [6, 6.07) is 11.8. The van der Waals surface area contributed by atoms with Crippen molar-refractivity contribution >= 4 is 17.5 Å². The van der Waals surface area contributed by atoms with Crippen LogP contribution in [-0.2, 0) is 0 Å². The number of methoxy groups -OCH3 is 2. The van der Waals surface area contributed by atoms with Crippen LogP contribution in [0.25, 0.3) is 11.3 Å². The fraction of sp³-hybridized carbons (Fsp3) is 0.273. The van der Waals surface area contributed by atoms with Gasteiger partial charge in [-0.2, -0.15) is 4.98 Å². The molecule has 3 rings (SSSR count). The Kier molecular flexibility index (Phi) is 7.44. The second kappa shape index (κ2) is 10.3. The van der Waals surface area contributed by atoms with Gasteiger partial charge in [-0.1, -0.05) is 12.1 Å². The molecule has 1 atom stereocenters. The van der Waals surface area contributed by atoms with E-state index in [0.29, 0.717) is 34.3 Å². The monoisotopic (exact) mass is 464 g/mol. The zero-order chi connectivity index (χ0) is 24.0.